The fourth-order valence-electron chi connectivity index (χ4n) is 2.84. The summed E-state index contributed by atoms with van der Waals surface area (Å²) in [6.07, 6.45) is 1.85. The average Bonchev–Trinajstić information content (AvgIpc) is 2.96. The summed E-state index contributed by atoms with van der Waals surface area (Å²) in [5.74, 6) is 0.0184. The second-order valence-electron chi connectivity index (χ2n) is 5.85. The van der Waals surface area contributed by atoms with Crippen molar-refractivity contribution in [1.82, 2.24) is 19.9 Å². The average molecular weight is 335 g/mol. The third-order valence-corrected chi connectivity index (χ3v) is 4.32. The molecule has 1 aromatic heterocycles. The highest BCUT2D eigenvalue weighted by Crippen LogP contribution is 2.19. The molecule has 0 aliphatic carbocycles. The molecule has 7 heteroatoms. The van der Waals surface area contributed by atoms with E-state index in [1.54, 1.807) is 24.0 Å². The molecule has 0 bridgehead atoms. The van der Waals surface area contributed by atoms with Gasteiger partial charge in [0.15, 0.2) is 5.69 Å². The number of aliphatic hydroxyl groups excluding tert-OH is 1. The Hall–Kier alpha value is -1.92. The molecule has 122 valence electrons. The van der Waals surface area contributed by atoms with Gasteiger partial charge in [-0.15, -0.1) is 5.10 Å². The van der Waals surface area contributed by atoms with Gasteiger partial charge in [-0.1, -0.05) is 17.7 Å². The largest absolute Gasteiger partial charge is 0.396 e. The Bertz CT molecular complexity index is 716. The molecule has 1 saturated heterocycles. The van der Waals surface area contributed by atoms with Crippen LogP contribution in [0.4, 0.5) is 0 Å². The van der Waals surface area contributed by atoms with Crippen molar-refractivity contribution >= 4 is 17.5 Å². The molecule has 2 heterocycles. The quantitative estimate of drug-likeness (QED) is 0.932. The number of nitrogens with zero attached hydrogens (tertiary/aromatic N) is 4. The van der Waals surface area contributed by atoms with Gasteiger partial charge in [-0.3, -0.25) is 4.79 Å². The van der Waals surface area contributed by atoms with Crippen LogP contribution in [0.3, 0.4) is 0 Å². The van der Waals surface area contributed by atoms with Crippen LogP contribution in [-0.4, -0.2) is 50.6 Å². The molecule has 3 rings (SSSR count). The summed E-state index contributed by atoms with van der Waals surface area (Å²) in [7, 11) is 0. The number of carbonyl (C=O) groups is 1. The number of halogens is 1. The number of aliphatic hydroxyl groups is 1. The Morgan fingerprint density at radius 2 is 2.26 bits per heavy atom. The van der Waals surface area contributed by atoms with Crippen LogP contribution in [0.25, 0.3) is 5.69 Å². The maximum atomic E-state index is 12.7. The normalized spacial score (nSPS) is 18.2. The topological polar surface area (TPSA) is 71.2 Å². The molecule has 6 nitrogen and oxygen atoms in total. The lowest BCUT2D eigenvalue weighted by atomic mass is 9.99. The number of amides is 1. The van der Waals surface area contributed by atoms with E-state index < -0.39 is 0 Å². The van der Waals surface area contributed by atoms with Gasteiger partial charge in [0.1, 0.15) is 0 Å². The predicted octanol–water partition coefficient (Wildman–Crippen LogP) is 2.07. The van der Waals surface area contributed by atoms with Crippen LogP contribution in [0.2, 0.25) is 5.02 Å². The number of likely N-dealkylation sites (tertiary alicyclic amines) is 1. The van der Waals surface area contributed by atoms with E-state index in [0.717, 1.165) is 12.8 Å². The number of carbonyl (C=O) groups excluding carboxylic acids is 1. The van der Waals surface area contributed by atoms with Crippen molar-refractivity contribution in [1.29, 1.82) is 0 Å². The van der Waals surface area contributed by atoms with Crippen molar-refractivity contribution in [3.63, 3.8) is 0 Å². The van der Waals surface area contributed by atoms with Crippen molar-refractivity contribution in [3.8, 4) is 5.69 Å². The Kier molecular flexibility index (Phi) is 4.63. The van der Waals surface area contributed by atoms with Crippen LogP contribution in [-0.2, 0) is 0 Å². The van der Waals surface area contributed by atoms with E-state index in [4.69, 9.17) is 11.6 Å². The maximum absolute atomic E-state index is 12.7. The van der Waals surface area contributed by atoms with Gasteiger partial charge in [-0.2, -0.15) is 9.90 Å². The zero-order valence-electron chi connectivity index (χ0n) is 12.9. The highest BCUT2D eigenvalue weighted by Gasteiger charge is 2.27. The first-order chi connectivity index (χ1) is 11.1. The minimum Gasteiger partial charge on any atom is -0.396 e. The van der Waals surface area contributed by atoms with E-state index >= 15 is 0 Å². The minimum atomic E-state index is -0.131. The zero-order valence-corrected chi connectivity index (χ0v) is 13.7. The Labute approximate surface area is 139 Å². The number of hydrogen-bond acceptors (Lipinski definition) is 4. The van der Waals surface area contributed by atoms with Crippen LogP contribution in [0, 0.1) is 12.8 Å². The molecule has 1 unspecified atom stereocenters. The molecular formula is C16H19ClN4O2. The monoisotopic (exact) mass is 334 g/mol. The van der Waals surface area contributed by atoms with Gasteiger partial charge in [-0.25, -0.2) is 0 Å². The van der Waals surface area contributed by atoms with E-state index in [1.807, 2.05) is 12.1 Å². The number of hydrogen-bond donors (Lipinski definition) is 1. The van der Waals surface area contributed by atoms with Crippen molar-refractivity contribution < 1.29 is 9.90 Å². The second kappa shape index (κ2) is 6.68. The highest BCUT2D eigenvalue weighted by molar-refractivity contribution is 6.30. The lowest BCUT2D eigenvalue weighted by molar-refractivity contribution is 0.0614. The molecule has 1 atom stereocenters. The van der Waals surface area contributed by atoms with Gasteiger partial charge in [0, 0.05) is 24.7 Å². The first-order valence-corrected chi connectivity index (χ1v) is 8.06. The summed E-state index contributed by atoms with van der Waals surface area (Å²) in [6.45, 7) is 3.14. The molecule has 2 aromatic rings. The maximum Gasteiger partial charge on any atom is 0.276 e. The summed E-state index contributed by atoms with van der Waals surface area (Å²) in [5, 5.41) is 18.6. The molecule has 1 amide bonds. The molecule has 0 radical (unpaired) electrons. The number of aryl methyl sites for hydroxylation is 1. The summed E-state index contributed by atoms with van der Waals surface area (Å²) in [6, 6.07) is 7.17. The van der Waals surface area contributed by atoms with Crippen LogP contribution in [0.1, 0.15) is 29.0 Å². The Morgan fingerprint density at radius 1 is 1.43 bits per heavy atom. The van der Waals surface area contributed by atoms with E-state index in [9.17, 15) is 9.90 Å². The third-order valence-electron chi connectivity index (χ3n) is 4.09. The van der Waals surface area contributed by atoms with Gasteiger partial charge >= 0.3 is 0 Å². The summed E-state index contributed by atoms with van der Waals surface area (Å²) >= 11 is 5.99. The van der Waals surface area contributed by atoms with Crippen molar-refractivity contribution in [3.05, 3.63) is 40.7 Å². The Balaban J connectivity index is 1.84. The van der Waals surface area contributed by atoms with Crippen molar-refractivity contribution in [2.45, 2.75) is 19.8 Å². The Morgan fingerprint density at radius 3 is 3.00 bits per heavy atom. The van der Waals surface area contributed by atoms with Crippen molar-refractivity contribution in [2.24, 2.45) is 5.92 Å². The lowest BCUT2D eigenvalue weighted by Crippen LogP contribution is -2.41. The number of piperidine rings is 1. The zero-order chi connectivity index (χ0) is 16.4. The van der Waals surface area contributed by atoms with E-state index in [0.29, 0.717) is 35.2 Å². The summed E-state index contributed by atoms with van der Waals surface area (Å²) in [5.41, 5.74) is 1.65. The fraction of sp³-hybridized carbons (Fsp3) is 0.438. The smallest absolute Gasteiger partial charge is 0.276 e. The predicted molar refractivity (Wildman–Crippen MR) is 86.8 cm³/mol. The molecule has 23 heavy (non-hydrogen) atoms. The summed E-state index contributed by atoms with van der Waals surface area (Å²) in [4.78, 5) is 15.9. The first kappa shape index (κ1) is 16.0. The van der Waals surface area contributed by atoms with Crippen molar-refractivity contribution in [2.75, 3.05) is 19.7 Å². The molecular weight excluding hydrogens is 316 g/mol. The van der Waals surface area contributed by atoms with Gasteiger partial charge in [0.2, 0.25) is 0 Å². The van der Waals surface area contributed by atoms with Gasteiger partial charge < -0.3 is 10.0 Å². The first-order valence-electron chi connectivity index (χ1n) is 7.68. The van der Waals surface area contributed by atoms with Gasteiger partial charge in [0.25, 0.3) is 5.91 Å². The molecule has 1 aliphatic rings. The lowest BCUT2D eigenvalue weighted by Gasteiger charge is -2.31. The molecule has 1 aromatic carbocycles. The standard InChI is InChI=1S/C16H19ClN4O2/c1-11-15(16(23)20-7-3-4-12(9-20)10-22)19-21(18-11)14-6-2-5-13(17)8-14/h2,5-6,8,12,22H,3-4,7,9-10H2,1H3. The second-order valence-corrected chi connectivity index (χ2v) is 6.28. The molecule has 0 spiro atoms. The highest BCUT2D eigenvalue weighted by atomic mass is 35.5. The fourth-order valence-corrected chi connectivity index (χ4v) is 3.03. The SMILES string of the molecule is Cc1nn(-c2cccc(Cl)c2)nc1C(=O)N1CCCC(CO)C1. The van der Waals surface area contributed by atoms with E-state index in [2.05, 4.69) is 10.2 Å². The van der Waals surface area contributed by atoms with Crippen LogP contribution < -0.4 is 0 Å². The third kappa shape index (κ3) is 3.38. The molecule has 1 N–H and O–H groups in total. The van der Waals surface area contributed by atoms with Crippen LogP contribution in [0.5, 0.6) is 0 Å². The number of rotatable bonds is 3. The van der Waals surface area contributed by atoms with E-state index in [1.165, 1.54) is 4.80 Å². The summed E-state index contributed by atoms with van der Waals surface area (Å²) < 4.78 is 0. The molecule has 0 saturated carbocycles. The van der Waals surface area contributed by atoms with Crippen LogP contribution in [0.15, 0.2) is 24.3 Å². The van der Waals surface area contributed by atoms with Gasteiger partial charge in [-0.05, 0) is 43.9 Å². The van der Waals surface area contributed by atoms with E-state index in [-0.39, 0.29) is 18.4 Å². The number of benzene rings is 1. The molecule has 1 fully saturated rings. The number of aromatic nitrogens is 3. The van der Waals surface area contributed by atoms with Gasteiger partial charge in [0.05, 0.1) is 11.4 Å². The molecule has 1 aliphatic heterocycles. The minimum absolute atomic E-state index is 0.109. The van der Waals surface area contributed by atoms with Crippen LogP contribution >= 0.6 is 11.6 Å².